The van der Waals surface area contributed by atoms with Crippen LogP contribution in [0.5, 0.6) is 0 Å². The summed E-state index contributed by atoms with van der Waals surface area (Å²) < 4.78 is 5.76. The molecule has 0 atom stereocenters. The molecule has 1 heterocycles. The predicted molar refractivity (Wildman–Crippen MR) is 102 cm³/mol. The molecule has 1 aromatic carbocycles. The van der Waals surface area contributed by atoms with Gasteiger partial charge in [-0.25, -0.2) is 0 Å². The van der Waals surface area contributed by atoms with E-state index in [0.717, 1.165) is 45.1 Å². The minimum atomic E-state index is 0.456. The summed E-state index contributed by atoms with van der Waals surface area (Å²) in [6, 6.07) is 8.54. The number of fused-ring (bicyclic) bond motifs is 1. The number of Topliss-reactive ketones (excluding diaryl/α,β-unsaturated/α-hetero) is 1. The number of aromatic nitrogens is 2. The summed E-state index contributed by atoms with van der Waals surface area (Å²) in [6.45, 7) is 3.21. The van der Waals surface area contributed by atoms with E-state index in [9.17, 15) is 4.79 Å². The Labute approximate surface area is 153 Å². The van der Waals surface area contributed by atoms with Crippen LogP contribution in [0.3, 0.4) is 0 Å². The molecule has 0 spiro atoms. The first-order chi connectivity index (χ1) is 11.6. The summed E-state index contributed by atoms with van der Waals surface area (Å²) in [5, 5.41) is 0. The fourth-order valence-corrected chi connectivity index (χ4v) is 3.83. The first-order valence-corrected chi connectivity index (χ1v) is 10.2. The summed E-state index contributed by atoms with van der Waals surface area (Å²) in [7, 11) is 2.11. The summed E-state index contributed by atoms with van der Waals surface area (Å²) in [4.78, 5) is 11.8. The second kappa shape index (κ2) is 10.0. The second-order valence-corrected chi connectivity index (χ2v) is 7.41. The van der Waals surface area contributed by atoms with Crippen molar-refractivity contribution in [3.05, 3.63) is 28.6 Å². The first-order valence-electron chi connectivity index (χ1n) is 9.31. The van der Waals surface area contributed by atoms with Gasteiger partial charge in [-0.05, 0) is 0 Å². The Kier molecular flexibility index (Phi) is 8.01. The van der Waals surface area contributed by atoms with Crippen LogP contribution in [0.25, 0.3) is 11.0 Å². The van der Waals surface area contributed by atoms with Gasteiger partial charge in [0.05, 0.1) is 0 Å². The number of rotatable bonds is 11. The van der Waals surface area contributed by atoms with Crippen LogP contribution in [0, 0.1) is 4.32 Å². The van der Waals surface area contributed by atoms with Gasteiger partial charge in [-0.2, -0.15) is 0 Å². The molecule has 4 heteroatoms. The predicted octanol–water partition coefficient (Wildman–Crippen LogP) is 4.78. The number of carbonyl (C=O) groups excluding carboxylic acids is 1. The number of hydrogen-bond donors (Lipinski definition) is 0. The molecular formula is C20H30N2OSe. The minimum absolute atomic E-state index is 0.456. The molecule has 0 aliphatic heterocycles. The van der Waals surface area contributed by atoms with Crippen molar-refractivity contribution in [1.82, 2.24) is 9.13 Å². The van der Waals surface area contributed by atoms with E-state index in [2.05, 4.69) is 62.9 Å². The molecule has 0 fully saturated rings. The fraction of sp³-hybridized carbons (Fsp3) is 0.600. The summed E-state index contributed by atoms with van der Waals surface area (Å²) >= 11 is 3.20. The van der Waals surface area contributed by atoms with Crippen LogP contribution in [0.2, 0.25) is 0 Å². The van der Waals surface area contributed by atoms with E-state index < -0.39 is 0 Å². The molecule has 0 saturated heterocycles. The standard InChI is InChI=1S/C20H30N2OSe/c1-3-4-7-12-17(23)13-8-5-6-11-16-22-19-15-10-9-14-18(19)21(2)20(22)24/h9-10,14-15H,3-8,11-13,16H2,1-2H3. The van der Waals surface area contributed by atoms with E-state index in [-0.39, 0.29) is 0 Å². The van der Waals surface area contributed by atoms with Gasteiger partial charge in [-0.15, -0.1) is 0 Å². The third-order valence-corrected chi connectivity index (χ3v) is 5.74. The number of ketones is 1. The molecule has 2 aromatic rings. The van der Waals surface area contributed by atoms with Crippen LogP contribution >= 0.6 is 0 Å². The van der Waals surface area contributed by atoms with Crippen LogP contribution in [-0.4, -0.2) is 30.5 Å². The molecule has 0 saturated carbocycles. The number of hydrogen-bond acceptors (Lipinski definition) is 1. The van der Waals surface area contributed by atoms with Gasteiger partial charge < -0.3 is 0 Å². The van der Waals surface area contributed by atoms with E-state index >= 15 is 0 Å². The third-order valence-electron chi connectivity index (χ3n) is 4.70. The molecule has 0 aliphatic rings. The van der Waals surface area contributed by atoms with Crippen LogP contribution in [-0.2, 0) is 18.4 Å². The van der Waals surface area contributed by atoms with Gasteiger partial charge in [0.25, 0.3) is 0 Å². The van der Waals surface area contributed by atoms with Crippen molar-refractivity contribution in [3.63, 3.8) is 0 Å². The number of nitrogens with zero attached hydrogens (tertiary/aromatic N) is 2. The molecule has 1 aromatic heterocycles. The van der Waals surface area contributed by atoms with E-state index in [1.807, 2.05) is 0 Å². The Hall–Kier alpha value is -1.12. The number of para-hydroxylation sites is 2. The van der Waals surface area contributed by atoms with Crippen molar-refractivity contribution >= 4 is 32.4 Å². The second-order valence-electron chi connectivity index (χ2n) is 6.64. The molecule has 24 heavy (non-hydrogen) atoms. The zero-order valence-corrected chi connectivity index (χ0v) is 16.8. The van der Waals surface area contributed by atoms with Crippen molar-refractivity contribution in [1.29, 1.82) is 0 Å². The maximum atomic E-state index is 11.8. The molecule has 0 aliphatic carbocycles. The van der Waals surface area contributed by atoms with Gasteiger partial charge >= 0.3 is 140 Å². The van der Waals surface area contributed by atoms with Crippen molar-refractivity contribution < 1.29 is 4.79 Å². The van der Waals surface area contributed by atoms with Crippen molar-refractivity contribution in [3.8, 4) is 0 Å². The number of benzene rings is 1. The Bertz CT molecular complexity index is 714. The van der Waals surface area contributed by atoms with Crippen molar-refractivity contribution in [2.75, 3.05) is 0 Å². The molecule has 0 bridgehead atoms. The Morgan fingerprint density at radius 3 is 2.29 bits per heavy atom. The molecule has 0 amide bonds. The first kappa shape index (κ1) is 19.2. The zero-order chi connectivity index (χ0) is 17.4. The van der Waals surface area contributed by atoms with Crippen LogP contribution in [0.4, 0.5) is 0 Å². The quantitative estimate of drug-likeness (QED) is 0.399. The topological polar surface area (TPSA) is 26.9 Å². The molecule has 0 radical (unpaired) electrons. The fourth-order valence-electron chi connectivity index (χ4n) is 3.22. The van der Waals surface area contributed by atoms with E-state index in [0.29, 0.717) is 5.78 Å². The van der Waals surface area contributed by atoms with Gasteiger partial charge in [0.15, 0.2) is 0 Å². The molecular weight excluding hydrogens is 363 g/mol. The maximum absolute atomic E-state index is 11.8. The summed E-state index contributed by atoms with van der Waals surface area (Å²) in [6.07, 6.45) is 9.58. The number of aryl methyl sites for hydroxylation is 2. The SMILES string of the molecule is CCCCCC(=O)CCCCCCn1c(=[Se])n(C)c2ccccc21. The Balaban J connectivity index is 1.71. The van der Waals surface area contributed by atoms with Gasteiger partial charge in [0.1, 0.15) is 0 Å². The van der Waals surface area contributed by atoms with E-state index in [1.165, 1.54) is 34.6 Å². The monoisotopic (exact) mass is 394 g/mol. The average molecular weight is 393 g/mol. The van der Waals surface area contributed by atoms with Crippen molar-refractivity contribution in [2.45, 2.75) is 71.3 Å². The summed E-state index contributed by atoms with van der Waals surface area (Å²) in [5.41, 5.74) is 2.56. The van der Waals surface area contributed by atoms with Gasteiger partial charge in [-0.1, -0.05) is 13.3 Å². The van der Waals surface area contributed by atoms with Crippen LogP contribution < -0.4 is 0 Å². The summed E-state index contributed by atoms with van der Waals surface area (Å²) in [5.74, 6) is 0.456. The number of imidazole rings is 1. The van der Waals surface area contributed by atoms with Gasteiger partial charge in [0.2, 0.25) is 0 Å². The Morgan fingerprint density at radius 1 is 0.958 bits per heavy atom. The number of carbonyl (C=O) groups is 1. The molecule has 2 rings (SSSR count). The van der Waals surface area contributed by atoms with Crippen LogP contribution in [0.15, 0.2) is 24.3 Å². The van der Waals surface area contributed by atoms with Crippen LogP contribution in [0.1, 0.15) is 64.7 Å². The number of unbranched alkanes of at least 4 members (excludes halogenated alkanes) is 5. The third kappa shape index (κ3) is 5.19. The van der Waals surface area contributed by atoms with Gasteiger partial charge in [0, 0.05) is 0 Å². The molecule has 132 valence electrons. The molecule has 0 N–H and O–H groups in total. The van der Waals surface area contributed by atoms with Gasteiger partial charge in [-0.3, -0.25) is 0 Å². The zero-order valence-electron chi connectivity index (χ0n) is 15.1. The van der Waals surface area contributed by atoms with E-state index in [4.69, 9.17) is 0 Å². The Morgan fingerprint density at radius 2 is 1.58 bits per heavy atom. The molecule has 3 nitrogen and oxygen atoms in total. The average Bonchev–Trinajstić information content (AvgIpc) is 2.83. The van der Waals surface area contributed by atoms with E-state index in [1.54, 1.807) is 0 Å². The van der Waals surface area contributed by atoms with Crippen molar-refractivity contribution in [2.24, 2.45) is 7.05 Å². The normalized spacial score (nSPS) is 11.2. The molecule has 0 unspecified atom stereocenters.